The molecule has 0 heterocycles. The molecule has 0 aliphatic carbocycles. The van der Waals surface area contributed by atoms with Crippen LogP contribution in [-0.4, -0.2) is 11.1 Å². The monoisotopic (exact) mass is 278 g/mol. The smallest absolute Gasteiger partial charge is 0.338 e. The fourth-order valence-electron chi connectivity index (χ4n) is 1.70. The second kappa shape index (κ2) is 5.69. The van der Waals surface area contributed by atoms with Crippen LogP contribution in [0, 0.1) is 18.6 Å². The Balaban J connectivity index is 2.13. The first-order valence-electron chi connectivity index (χ1n) is 5.88. The fourth-order valence-corrected chi connectivity index (χ4v) is 1.70. The van der Waals surface area contributed by atoms with Crippen LogP contribution >= 0.6 is 0 Å². The highest BCUT2D eigenvalue weighted by Crippen LogP contribution is 2.20. The number of benzene rings is 2. The van der Waals surface area contributed by atoms with E-state index in [0.717, 1.165) is 17.7 Å². The van der Waals surface area contributed by atoms with Crippen molar-refractivity contribution in [1.29, 1.82) is 0 Å². The largest absolute Gasteiger partial charge is 0.486 e. The van der Waals surface area contributed by atoms with Gasteiger partial charge in [-0.15, -0.1) is 0 Å². The van der Waals surface area contributed by atoms with E-state index in [9.17, 15) is 13.6 Å². The summed E-state index contributed by atoms with van der Waals surface area (Å²) in [5, 5.41) is 8.71. The molecule has 20 heavy (non-hydrogen) atoms. The SMILES string of the molecule is Cc1ccc(F)c(OCc2ccc(C(=O)O)c(F)c2)c1. The van der Waals surface area contributed by atoms with Gasteiger partial charge in [-0.25, -0.2) is 13.6 Å². The first-order valence-corrected chi connectivity index (χ1v) is 5.88. The Hall–Kier alpha value is -2.43. The summed E-state index contributed by atoms with van der Waals surface area (Å²) in [6.45, 7) is 1.75. The number of rotatable bonds is 4. The van der Waals surface area contributed by atoms with Crippen molar-refractivity contribution in [3.8, 4) is 5.75 Å². The topological polar surface area (TPSA) is 46.5 Å². The summed E-state index contributed by atoms with van der Waals surface area (Å²) in [5.41, 5.74) is 0.859. The van der Waals surface area contributed by atoms with Gasteiger partial charge in [0.05, 0.1) is 5.56 Å². The van der Waals surface area contributed by atoms with E-state index in [1.807, 2.05) is 0 Å². The Morgan fingerprint density at radius 1 is 1.15 bits per heavy atom. The second-order valence-corrected chi connectivity index (χ2v) is 4.34. The first-order chi connectivity index (χ1) is 9.47. The summed E-state index contributed by atoms with van der Waals surface area (Å²) in [5.74, 6) is -2.60. The molecular weight excluding hydrogens is 266 g/mol. The molecule has 0 bridgehead atoms. The van der Waals surface area contributed by atoms with Crippen molar-refractivity contribution in [1.82, 2.24) is 0 Å². The number of carboxylic acids is 1. The van der Waals surface area contributed by atoms with Crippen LogP contribution in [0.2, 0.25) is 0 Å². The summed E-state index contributed by atoms with van der Waals surface area (Å²) in [6.07, 6.45) is 0. The molecule has 0 aromatic heterocycles. The molecule has 2 aromatic rings. The van der Waals surface area contributed by atoms with E-state index in [1.54, 1.807) is 13.0 Å². The summed E-state index contributed by atoms with van der Waals surface area (Å²) < 4.78 is 32.2. The van der Waals surface area contributed by atoms with Crippen LogP contribution in [0.4, 0.5) is 8.78 Å². The van der Waals surface area contributed by atoms with E-state index in [2.05, 4.69) is 0 Å². The van der Waals surface area contributed by atoms with Crippen LogP contribution in [0.1, 0.15) is 21.5 Å². The number of aromatic carboxylic acids is 1. The average molecular weight is 278 g/mol. The summed E-state index contributed by atoms with van der Waals surface area (Å²) in [7, 11) is 0. The van der Waals surface area contributed by atoms with Gasteiger partial charge in [-0.1, -0.05) is 12.1 Å². The van der Waals surface area contributed by atoms with Gasteiger partial charge >= 0.3 is 5.97 Å². The lowest BCUT2D eigenvalue weighted by atomic mass is 10.1. The third-order valence-corrected chi connectivity index (χ3v) is 2.74. The van der Waals surface area contributed by atoms with Gasteiger partial charge in [0, 0.05) is 0 Å². The Morgan fingerprint density at radius 3 is 2.55 bits per heavy atom. The van der Waals surface area contributed by atoms with Crippen LogP contribution in [-0.2, 0) is 6.61 Å². The number of hydrogen-bond acceptors (Lipinski definition) is 2. The molecule has 0 atom stereocenters. The van der Waals surface area contributed by atoms with E-state index in [4.69, 9.17) is 9.84 Å². The maximum Gasteiger partial charge on any atom is 0.338 e. The highest BCUT2D eigenvalue weighted by Gasteiger charge is 2.11. The molecule has 0 aliphatic rings. The Kier molecular flexibility index (Phi) is 3.98. The van der Waals surface area contributed by atoms with Crippen LogP contribution in [0.15, 0.2) is 36.4 Å². The molecule has 104 valence electrons. The van der Waals surface area contributed by atoms with E-state index in [-0.39, 0.29) is 12.4 Å². The molecule has 1 N–H and O–H groups in total. The van der Waals surface area contributed by atoms with Gasteiger partial charge in [-0.2, -0.15) is 0 Å². The van der Waals surface area contributed by atoms with Crippen molar-refractivity contribution < 1.29 is 23.4 Å². The van der Waals surface area contributed by atoms with Crippen molar-refractivity contribution in [2.45, 2.75) is 13.5 Å². The molecule has 0 radical (unpaired) electrons. The zero-order valence-electron chi connectivity index (χ0n) is 10.7. The molecule has 0 unspecified atom stereocenters. The Bertz CT molecular complexity index is 654. The van der Waals surface area contributed by atoms with Gasteiger partial charge in [-0.3, -0.25) is 0 Å². The van der Waals surface area contributed by atoms with E-state index >= 15 is 0 Å². The van der Waals surface area contributed by atoms with E-state index in [1.165, 1.54) is 18.2 Å². The predicted molar refractivity (Wildman–Crippen MR) is 68.8 cm³/mol. The van der Waals surface area contributed by atoms with E-state index < -0.39 is 23.2 Å². The van der Waals surface area contributed by atoms with Gasteiger partial charge in [0.1, 0.15) is 12.4 Å². The zero-order valence-corrected chi connectivity index (χ0v) is 10.7. The molecule has 2 aromatic carbocycles. The molecule has 0 amide bonds. The van der Waals surface area contributed by atoms with Crippen molar-refractivity contribution in [3.05, 3.63) is 64.7 Å². The Labute approximate surface area is 114 Å². The van der Waals surface area contributed by atoms with E-state index in [0.29, 0.717) is 5.56 Å². The predicted octanol–water partition coefficient (Wildman–Crippen LogP) is 3.55. The average Bonchev–Trinajstić information content (AvgIpc) is 2.39. The van der Waals surface area contributed by atoms with Gasteiger partial charge in [-0.05, 0) is 42.3 Å². The summed E-state index contributed by atoms with van der Waals surface area (Å²) >= 11 is 0. The van der Waals surface area contributed by atoms with Crippen molar-refractivity contribution in [2.24, 2.45) is 0 Å². The highest BCUT2D eigenvalue weighted by molar-refractivity contribution is 5.87. The third-order valence-electron chi connectivity index (χ3n) is 2.74. The minimum Gasteiger partial charge on any atom is -0.486 e. The molecule has 0 aliphatic heterocycles. The van der Waals surface area contributed by atoms with Crippen molar-refractivity contribution in [2.75, 3.05) is 0 Å². The molecule has 0 saturated carbocycles. The van der Waals surface area contributed by atoms with Crippen LogP contribution in [0.3, 0.4) is 0 Å². The number of ether oxygens (including phenoxy) is 1. The quantitative estimate of drug-likeness (QED) is 0.930. The standard InChI is InChI=1S/C15H12F2O3/c1-9-2-5-12(16)14(6-9)20-8-10-3-4-11(15(18)19)13(17)7-10/h2-7H,8H2,1H3,(H,18,19). The third kappa shape index (κ3) is 3.12. The lowest BCUT2D eigenvalue weighted by Gasteiger charge is -2.08. The molecule has 5 heteroatoms. The number of hydrogen-bond donors (Lipinski definition) is 1. The first kappa shape index (κ1) is 14.0. The van der Waals surface area contributed by atoms with Gasteiger partial charge < -0.3 is 9.84 Å². The number of carbonyl (C=O) groups is 1. The second-order valence-electron chi connectivity index (χ2n) is 4.34. The minimum absolute atomic E-state index is 0.0445. The van der Waals surface area contributed by atoms with Crippen molar-refractivity contribution >= 4 is 5.97 Å². The minimum atomic E-state index is -1.33. The number of carboxylic acid groups (broad SMARTS) is 1. The van der Waals surface area contributed by atoms with Crippen LogP contribution in [0.5, 0.6) is 5.75 Å². The fraction of sp³-hybridized carbons (Fsp3) is 0.133. The van der Waals surface area contributed by atoms with Crippen LogP contribution in [0.25, 0.3) is 0 Å². The van der Waals surface area contributed by atoms with Gasteiger partial charge in [0.15, 0.2) is 11.6 Å². The van der Waals surface area contributed by atoms with Crippen molar-refractivity contribution in [3.63, 3.8) is 0 Å². The molecule has 0 saturated heterocycles. The normalized spacial score (nSPS) is 10.3. The van der Waals surface area contributed by atoms with Gasteiger partial charge in [0.2, 0.25) is 0 Å². The zero-order chi connectivity index (χ0) is 14.7. The number of halogens is 2. The summed E-state index contributed by atoms with van der Waals surface area (Å²) in [6, 6.07) is 8.10. The number of aryl methyl sites for hydroxylation is 1. The highest BCUT2D eigenvalue weighted by atomic mass is 19.1. The Morgan fingerprint density at radius 2 is 1.90 bits per heavy atom. The molecule has 0 spiro atoms. The lowest BCUT2D eigenvalue weighted by molar-refractivity contribution is 0.0692. The van der Waals surface area contributed by atoms with Crippen LogP contribution < -0.4 is 4.74 Å². The van der Waals surface area contributed by atoms with Gasteiger partial charge in [0.25, 0.3) is 0 Å². The molecule has 3 nitrogen and oxygen atoms in total. The lowest BCUT2D eigenvalue weighted by Crippen LogP contribution is -2.03. The molecule has 2 rings (SSSR count). The molecular formula is C15H12F2O3. The maximum absolute atomic E-state index is 13.5. The summed E-state index contributed by atoms with van der Waals surface area (Å²) in [4.78, 5) is 10.7. The molecule has 0 fully saturated rings. The maximum atomic E-state index is 13.5.